The summed E-state index contributed by atoms with van der Waals surface area (Å²) in [4.78, 5) is 9.15. The van der Waals surface area contributed by atoms with Gasteiger partial charge in [0.2, 0.25) is 0 Å². The average Bonchev–Trinajstić information content (AvgIpc) is 3.23. The first kappa shape index (κ1) is 17.2. The van der Waals surface area contributed by atoms with Crippen LogP contribution in [0.3, 0.4) is 0 Å². The summed E-state index contributed by atoms with van der Waals surface area (Å²) in [6, 6.07) is 17.9. The number of ether oxygens (including phenoxy) is 2. The molecule has 0 amide bonds. The molecular formula is C23H18N4O2. The number of nitrogens with one attached hydrogen (secondary N) is 1. The number of benzene rings is 2. The van der Waals surface area contributed by atoms with Crippen molar-refractivity contribution in [1.29, 1.82) is 0 Å². The van der Waals surface area contributed by atoms with Gasteiger partial charge in [-0.15, -0.1) is 0 Å². The zero-order valence-electron chi connectivity index (χ0n) is 16.0. The van der Waals surface area contributed by atoms with Crippen molar-refractivity contribution in [3.63, 3.8) is 0 Å². The largest absolute Gasteiger partial charge is 0.493 e. The highest BCUT2D eigenvalue weighted by Crippen LogP contribution is 2.41. The Kier molecular flexibility index (Phi) is 4.09. The van der Waals surface area contributed by atoms with E-state index in [1.807, 2.05) is 54.6 Å². The summed E-state index contributed by atoms with van der Waals surface area (Å²) in [7, 11) is 3.27. The molecule has 29 heavy (non-hydrogen) atoms. The highest BCUT2D eigenvalue weighted by Gasteiger charge is 2.19. The number of pyridine rings is 2. The van der Waals surface area contributed by atoms with Gasteiger partial charge >= 0.3 is 0 Å². The van der Waals surface area contributed by atoms with Crippen molar-refractivity contribution < 1.29 is 9.47 Å². The summed E-state index contributed by atoms with van der Waals surface area (Å²) in [5.41, 5.74) is 4.31. The molecule has 6 heteroatoms. The van der Waals surface area contributed by atoms with Gasteiger partial charge in [-0.05, 0) is 24.3 Å². The molecule has 0 unspecified atom stereocenters. The van der Waals surface area contributed by atoms with E-state index in [-0.39, 0.29) is 0 Å². The van der Waals surface area contributed by atoms with E-state index in [4.69, 9.17) is 14.5 Å². The van der Waals surface area contributed by atoms with Gasteiger partial charge in [-0.1, -0.05) is 30.3 Å². The molecule has 0 aliphatic carbocycles. The Bertz CT molecular complexity index is 1320. The predicted molar refractivity (Wildman–Crippen MR) is 113 cm³/mol. The molecule has 3 heterocycles. The van der Waals surface area contributed by atoms with Crippen LogP contribution in [-0.4, -0.2) is 34.4 Å². The van der Waals surface area contributed by atoms with Crippen molar-refractivity contribution >= 4 is 21.8 Å². The van der Waals surface area contributed by atoms with Gasteiger partial charge in [0, 0.05) is 34.3 Å². The third-order valence-electron chi connectivity index (χ3n) is 5.00. The third-order valence-corrected chi connectivity index (χ3v) is 5.00. The van der Waals surface area contributed by atoms with E-state index < -0.39 is 0 Å². The van der Waals surface area contributed by atoms with Gasteiger partial charge in [-0.25, -0.2) is 4.98 Å². The van der Waals surface area contributed by atoms with E-state index in [2.05, 4.69) is 15.2 Å². The van der Waals surface area contributed by atoms with Crippen LogP contribution in [0.25, 0.3) is 44.3 Å². The standard InChI is InChI=1S/C23H18N4O2/c1-28-18-11-16-17(12-19(18)29-2)21(15-9-6-10-24-13-15)25-23-20(16)22(26-27-23)14-7-4-3-5-8-14/h3-13H,1-2H3,(H,25,26,27). The second-order valence-corrected chi connectivity index (χ2v) is 6.62. The Morgan fingerprint density at radius 3 is 2.21 bits per heavy atom. The second-order valence-electron chi connectivity index (χ2n) is 6.62. The van der Waals surface area contributed by atoms with Crippen LogP contribution in [0, 0.1) is 0 Å². The first-order chi connectivity index (χ1) is 14.3. The summed E-state index contributed by atoms with van der Waals surface area (Å²) < 4.78 is 11.1. The molecule has 0 aliphatic heterocycles. The Morgan fingerprint density at radius 1 is 0.793 bits per heavy atom. The fourth-order valence-electron chi connectivity index (χ4n) is 3.65. The van der Waals surface area contributed by atoms with E-state index >= 15 is 0 Å². The van der Waals surface area contributed by atoms with Crippen LogP contribution < -0.4 is 9.47 Å². The van der Waals surface area contributed by atoms with Gasteiger partial charge in [-0.2, -0.15) is 5.10 Å². The Morgan fingerprint density at radius 2 is 1.52 bits per heavy atom. The zero-order chi connectivity index (χ0) is 19.8. The molecule has 0 bridgehead atoms. The number of hydrogen-bond acceptors (Lipinski definition) is 5. The molecule has 142 valence electrons. The van der Waals surface area contributed by atoms with E-state index in [1.165, 1.54) is 0 Å². The number of aromatic amines is 1. The number of H-pyrrole nitrogens is 1. The first-order valence-corrected chi connectivity index (χ1v) is 9.19. The lowest BCUT2D eigenvalue weighted by Crippen LogP contribution is -1.94. The van der Waals surface area contributed by atoms with Crippen LogP contribution in [0.1, 0.15) is 0 Å². The van der Waals surface area contributed by atoms with Crippen LogP contribution in [0.2, 0.25) is 0 Å². The molecule has 0 saturated heterocycles. The molecule has 0 aliphatic rings. The highest BCUT2D eigenvalue weighted by molar-refractivity contribution is 6.15. The van der Waals surface area contributed by atoms with Crippen molar-refractivity contribution in [3.8, 4) is 34.0 Å². The minimum atomic E-state index is 0.649. The number of aromatic nitrogens is 4. The van der Waals surface area contributed by atoms with Crippen molar-refractivity contribution in [3.05, 3.63) is 67.0 Å². The molecule has 5 rings (SSSR count). The second kappa shape index (κ2) is 6.91. The van der Waals surface area contributed by atoms with Gasteiger partial charge in [0.25, 0.3) is 0 Å². The fraction of sp³-hybridized carbons (Fsp3) is 0.0870. The molecule has 0 atom stereocenters. The lowest BCUT2D eigenvalue weighted by molar-refractivity contribution is 0.356. The molecule has 0 spiro atoms. The van der Waals surface area contributed by atoms with Crippen LogP contribution in [-0.2, 0) is 0 Å². The minimum absolute atomic E-state index is 0.649. The lowest BCUT2D eigenvalue weighted by atomic mass is 9.99. The topological polar surface area (TPSA) is 72.9 Å². The van der Waals surface area contributed by atoms with E-state index in [0.29, 0.717) is 17.1 Å². The van der Waals surface area contributed by atoms with Crippen LogP contribution in [0.5, 0.6) is 11.5 Å². The van der Waals surface area contributed by atoms with Crippen molar-refractivity contribution in [2.45, 2.75) is 0 Å². The summed E-state index contributed by atoms with van der Waals surface area (Å²) in [5.74, 6) is 1.31. The van der Waals surface area contributed by atoms with Crippen molar-refractivity contribution in [2.24, 2.45) is 0 Å². The monoisotopic (exact) mass is 382 g/mol. The predicted octanol–water partition coefficient (Wildman–Crippen LogP) is 4.86. The molecule has 0 fully saturated rings. The van der Waals surface area contributed by atoms with Crippen LogP contribution in [0.4, 0.5) is 0 Å². The normalized spacial score (nSPS) is 11.1. The van der Waals surface area contributed by atoms with Gasteiger partial charge in [0.1, 0.15) is 5.69 Å². The molecule has 5 aromatic rings. The minimum Gasteiger partial charge on any atom is -0.493 e. The first-order valence-electron chi connectivity index (χ1n) is 9.19. The van der Waals surface area contributed by atoms with Crippen LogP contribution >= 0.6 is 0 Å². The van der Waals surface area contributed by atoms with E-state index in [1.54, 1.807) is 26.6 Å². The number of nitrogens with zero attached hydrogens (tertiary/aromatic N) is 3. The Labute approximate surface area is 167 Å². The molecule has 6 nitrogen and oxygen atoms in total. The molecule has 0 saturated carbocycles. The van der Waals surface area contributed by atoms with Crippen molar-refractivity contribution in [1.82, 2.24) is 20.2 Å². The quantitative estimate of drug-likeness (QED) is 0.481. The Hall–Kier alpha value is -3.93. The van der Waals surface area contributed by atoms with Gasteiger partial charge < -0.3 is 9.47 Å². The Balaban J connectivity index is 1.93. The summed E-state index contributed by atoms with van der Waals surface area (Å²) >= 11 is 0. The van der Waals surface area contributed by atoms with E-state index in [9.17, 15) is 0 Å². The van der Waals surface area contributed by atoms with Gasteiger partial charge in [-0.3, -0.25) is 10.1 Å². The summed E-state index contributed by atoms with van der Waals surface area (Å²) in [6.07, 6.45) is 3.55. The number of methoxy groups -OCH3 is 2. The molecular weight excluding hydrogens is 364 g/mol. The smallest absolute Gasteiger partial charge is 0.161 e. The molecule has 0 radical (unpaired) electrons. The number of fused-ring (bicyclic) bond motifs is 3. The third kappa shape index (κ3) is 2.77. The fourth-order valence-corrected chi connectivity index (χ4v) is 3.65. The molecule has 3 aromatic heterocycles. The lowest BCUT2D eigenvalue weighted by Gasteiger charge is -2.13. The van der Waals surface area contributed by atoms with Crippen molar-refractivity contribution in [2.75, 3.05) is 14.2 Å². The maximum absolute atomic E-state index is 5.57. The SMILES string of the molecule is COc1cc2c(-c3cccnc3)nc3[nH]nc(-c4ccccc4)c3c2cc1OC. The number of hydrogen-bond donors (Lipinski definition) is 1. The molecule has 2 aromatic carbocycles. The maximum Gasteiger partial charge on any atom is 0.161 e. The summed E-state index contributed by atoms with van der Waals surface area (Å²) in [5, 5.41) is 10.6. The maximum atomic E-state index is 5.57. The molecule has 1 N–H and O–H groups in total. The zero-order valence-corrected chi connectivity index (χ0v) is 16.0. The number of rotatable bonds is 4. The van der Waals surface area contributed by atoms with Gasteiger partial charge in [0.05, 0.1) is 25.3 Å². The highest BCUT2D eigenvalue weighted by atomic mass is 16.5. The van der Waals surface area contributed by atoms with Crippen LogP contribution in [0.15, 0.2) is 67.0 Å². The summed E-state index contributed by atoms with van der Waals surface area (Å²) in [6.45, 7) is 0. The van der Waals surface area contributed by atoms with Gasteiger partial charge in [0.15, 0.2) is 17.1 Å². The average molecular weight is 382 g/mol. The van der Waals surface area contributed by atoms with E-state index in [0.717, 1.165) is 38.7 Å².